The maximum Gasteiger partial charge on any atom is 0.227 e. The zero-order valence-corrected chi connectivity index (χ0v) is 17.3. The third kappa shape index (κ3) is 3.56. The van der Waals surface area contributed by atoms with E-state index in [9.17, 15) is 4.79 Å². The molecule has 2 aromatic carbocycles. The van der Waals surface area contributed by atoms with Crippen LogP contribution in [0.5, 0.6) is 0 Å². The van der Waals surface area contributed by atoms with Gasteiger partial charge in [0.25, 0.3) is 0 Å². The van der Waals surface area contributed by atoms with Crippen molar-refractivity contribution in [2.24, 2.45) is 0 Å². The number of benzene rings is 2. The minimum atomic E-state index is 0.246. The topological polar surface area (TPSA) is 38.1 Å². The number of rotatable bonds is 3. The predicted octanol–water partition coefficient (Wildman–Crippen LogP) is 4.68. The number of hydrogen-bond donors (Lipinski definition) is 0. The Morgan fingerprint density at radius 2 is 1.68 bits per heavy atom. The van der Waals surface area contributed by atoms with Gasteiger partial charge >= 0.3 is 0 Å². The molecule has 0 N–H and O–H groups in total. The molecular weight excluding hydrogens is 346 g/mol. The van der Waals surface area contributed by atoms with Crippen LogP contribution in [0.25, 0.3) is 11.0 Å². The molecule has 146 valence electrons. The van der Waals surface area contributed by atoms with E-state index in [4.69, 9.17) is 4.98 Å². The second kappa shape index (κ2) is 7.42. The van der Waals surface area contributed by atoms with Crippen molar-refractivity contribution in [1.82, 2.24) is 14.5 Å². The zero-order valence-electron chi connectivity index (χ0n) is 17.3. The van der Waals surface area contributed by atoms with Crippen LogP contribution in [0.2, 0.25) is 0 Å². The quantitative estimate of drug-likeness (QED) is 0.667. The van der Waals surface area contributed by atoms with E-state index in [1.165, 1.54) is 22.2 Å². The van der Waals surface area contributed by atoms with Crippen LogP contribution in [-0.4, -0.2) is 33.4 Å². The molecule has 2 heterocycles. The Balaban J connectivity index is 1.46. The molecule has 4 rings (SSSR count). The highest BCUT2D eigenvalue weighted by Gasteiger charge is 2.26. The molecule has 1 aliphatic rings. The van der Waals surface area contributed by atoms with Gasteiger partial charge in [0.15, 0.2) is 0 Å². The zero-order chi connectivity index (χ0) is 19.8. The minimum absolute atomic E-state index is 0.246. The molecule has 28 heavy (non-hydrogen) atoms. The molecule has 0 saturated carbocycles. The predicted molar refractivity (Wildman–Crippen MR) is 114 cm³/mol. The van der Waals surface area contributed by atoms with Crippen molar-refractivity contribution in [2.45, 2.75) is 53.0 Å². The number of aromatic nitrogens is 2. The lowest BCUT2D eigenvalue weighted by atomic mass is 10.00. The molecule has 0 radical (unpaired) electrons. The summed E-state index contributed by atoms with van der Waals surface area (Å²) >= 11 is 0. The van der Waals surface area contributed by atoms with Crippen LogP contribution < -0.4 is 0 Å². The molecular formula is C24H29N3O. The molecule has 0 aliphatic carbocycles. The smallest absolute Gasteiger partial charge is 0.227 e. The first-order valence-corrected chi connectivity index (χ1v) is 10.2. The second-order valence-electron chi connectivity index (χ2n) is 8.24. The van der Waals surface area contributed by atoms with E-state index in [0.29, 0.717) is 12.5 Å². The average molecular weight is 376 g/mol. The van der Waals surface area contributed by atoms with Crippen LogP contribution >= 0.6 is 0 Å². The highest BCUT2D eigenvalue weighted by molar-refractivity contribution is 5.79. The largest absolute Gasteiger partial charge is 0.342 e. The van der Waals surface area contributed by atoms with Crippen LogP contribution in [0.3, 0.4) is 0 Å². The lowest BCUT2D eigenvalue weighted by Crippen LogP contribution is -2.40. The summed E-state index contributed by atoms with van der Waals surface area (Å²) in [5.74, 6) is 1.32. The third-order valence-corrected chi connectivity index (χ3v) is 6.05. The Bertz CT molecular complexity index is 1030. The van der Waals surface area contributed by atoms with Gasteiger partial charge < -0.3 is 9.47 Å². The molecule has 0 unspecified atom stereocenters. The fourth-order valence-electron chi connectivity index (χ4n) is 4.42. The summed E-state index contributed by atoms with van der Waals surface area (Å²) in [6, 6.07) is 13.2. The maximum absolute atomic E-state index is 12.9. The average Bonchev–Trinajstić information content (AvgIpc) is 2.99. The van der Waals surface area contributed by atoms with Gasteiger partial charge in [-0.05, 0) is 69.4 Å². The van der Waals surface area contributed by atoms with Gasteiger partial charge in [-0.1, -0.05) is 29.8 Å². The van der Waals surface area contributed by atoms with Crippen molar-refractivity contribution in [3.8, 4) is 0 Å². The first kappa shape index (κ1) is 18.7. The highest BCUT2D eigenvalue weighted by atomic mass is 16.2. The van der Waals surface area contributed by atoms with E-state index >= 15 is 0 Å². The molecule has 1 saturated heterocycles. The monoisotopic (exact) mass is 375 g/mol. The molecule has 1 aliphatic heterocycles. The molecule has 1 fully saturated rings. The standard InChI is InChI=1S/C24H29N3O/c1-16-5-7-18(3)20(13-16)15-24(28)26-11-9-21(10-12-26)27-19(4)25-22-8-6-17(2)14-23(22)27/h5-8,13-14,21H,9-12,15H2,1-4H3. The number of hydrogen-bond acceptors (Lipinski definition) is 2. The molecule has 0 bridgehead atoms. The van der Waals surface area contributed by atoms with Gasteiger partial charge in [-0.3, -0.25) is 4.79 Å². The number of nitrogens with zero attached hydrogens (tertiary/aromatic N) is 3. The Hall–Kier alpha value is -2.62. The highest BCUT2D eigenvalue weighted by Crippen LogP contribution is 2.29. The van der Waals surface area contributed by atoms with E-state index in [2.05, 4.69) is 68.7 Å². The lowest BCUT2D eigenvalue weighted by Gasteiger charge is -2.33. The Morgan fingerprint density at radius 1 is 1.00 bits per heavy atom. The van der Waals surface area contributed by atoms with Crippen LogP contribution in [0, 0.1) is 27.7 Å². The van der Waals surface area contributed by atoms with Crippen LogP contribution in [0.15, 0.2) is 36.4 Å². The van der Waals surface area contributed by atoms with Crippen molar-refractivity contribution < 1.29 is 4.79 Å². The van der Waals surface area contributed by atoms with Gasteiger partial charge in [0.1, 0.15) is 5.82 Å². The molecule has 1 amide bonds. The Morgan fingerprint density at radius 3 is 2.43 bits per heavy atom. The van der Waals surface area contributed by atoms with Crippen molar-refractivity contribution in [1.29, 1.82) is 0 Å². The van der Waals surface area contributed by atoms with Gasteiger partial charge in [-0.25, -0.2) is 4.98 Å². The van der Waals surface area contributed by atoms with E-state index in [0.717, 1.165) is 42.8 Å². The number of aryl methyl sites for hydroxylation is 4. The maximum atomic E-state index is 12.9. The van der Waals surface area contributed by atoms with Gasteiger partial charge in [0.05, 0.1) is 17.5 Å². The van der Waals surface area contributed by atoms with E-state index in [1.807, 2.05) is 4.90 Å². The number of amides is 1. The molecule has 0 spiro atoms. The lowest BCUT2D eigenvalue weighted by molar-refractivity contribution is -0.131. The molecule has 0 atom stereocenters. The van der Waals surface area contributed by atoms with Crippen LogP contribution in [0.1, 0.15) is 47.0 Å². The molecule has 1 aromatic heterocycles. The number of piperidine rings is 1. The van der Waals surface area contributed by atoms with E-state index in [1.54, 1.807) is 0 Å². The summed E-state index contributed by atoms with van der Waals surface area (Å²) in [5.41, 5.74) is 7.11. The summed E-state index contributed by atoms with van der Waals surface area (Å²) < 4.78 is 2.38. The fraction of sp³-hybridized carbons (Fsp3) is 0.417. The van der Waals surface area contributed by atoms with Gasteiger partial charge in [-0.2, -0.15) is 0 Å². The van der Waals surface area contributed by atoms with Crippen molar-refractivity contribution in [3.05, 3.63) is 64.5 Å². The van der Waals surface area contributed by atoms with Gasteiger partial charge in [-0.15, -0.1) is 0 Å². The number of likely N-dealkylation sites (tertiary alicyclic amines) is 1. The van der Waals surface area contributed by atoms with Crippen molar-refractivity contribution in [3.63, 3.8) is 0 Å². The second-order valence-corrected chi connectivity index (χ2v) is 8.24. The normalized spacial score (nSPS) is 15.4. The Kier molecular flexibility index (Phi) is 4.96. The summed E-state index contributed by atoms with van der Waals surface area (Å²) in [4.78, 5) is 19.6. The summed E-state index contributed by atoms with van der Waals surface area (Å²) in [6.45, 7) is 10.0. The van der Waals surface area contributed by atoms with Crippen LogP contribution in [0.4, 0.5) is 0 Å². The molecule has 4 nitrogen and oxygen atoms in total. The van der Waals surface area contributed by atoms with Gasteiger partial charge in [0, 0.05) is 19.1 Å². The minimum Gasteiger partial charge on any atom is -0.342 e. The molecule has 4 heteroatoms. The Labute approximate surface area is 167 Å². The third-order valence-electron chi connectivity index (χ3n) is 6.05. The number of carbonyl (C=O) groups is 1. The first-order chi connectivity index (χ1) is 13.4. The SMILES string of the molecule is Cc1ccc(C)c(CC(=O)N2CCC(n3c(C)nc4ccc(C)cc43)CC2)c1. The summed E-state index contributed by atoms with van der Waals surface area (Å²) in [6.07, 6.45) is 2.47. The van der Waals surface area contributed by atoms with Crippen LogP contribution in [-0.2, 0) is 11.2 Å². The molecule has 3 aromatic rings. The van der Waals surface area contributed by atoms with E-state index < -0.39 is 0 Å². The number of imidazole rings is 1. The first-order valence-electron chi connectivity index (χ1n) is 10.2. The van der Waals surface area contributed by atoms with Crippen molar-refractivity contribution in [2.75, 3.05) is 13.1 Å². The summed E-state index contributed by atoms with van der Waals surface area (Å²) in [7, 11) is 0. The van der Waals surface area contributed by atoms with Crippen molar-refractivity contribution >= 4 is 16.9 Å². The number of carbonyl (C=O) groups excluding carboxylic acids is 1. The van der Waals surface area contributed by atoms with Gasteiger partial charge in [0.2, 0.25) is 5.91 Å². The summed E-state index contributed by atoms with van der Waals surface area (Å²) in [5, 5.41) is 0. The number of fused-ring (bicyclic) bond motifs is 1. The van der Waals surface area contributed by atoms with E-state index in [-0.39, 0.29) is 5.91 Å². The fourth-order valence-corrected chi connectivity index (χ4v) is 4.42.